The van der Waals surface area contributed by atoms with Gasteiger partial charge in [0.1, 0.15) is 6.33 Å². The second-order valence-electron chi connectivity index (χ2n) is 4.73. The molecule has 0 atom stereocenters. The Morgan fingerprint density at radius 2 is 2.15 bits per heavy atom. The fourth-order valence-electron chi connectivity index (χ4n) is 1.80. The summed E-state index contributed by atoms with van der Waals surface area (Å²) >= 11 is 0. The minimum atomic E-state index is -0.317. The maximum absolute atomic E-state index is 11.9. The van der Waals surface area contributed by atoms with Gasteiger partial charge in [0.2, 0.25) is 0 Å². The molecule has 6 heteroatoms. The molecule has 1 aromatic heterocycles. The predicted octanol–water partition coefficient (Wildman–Crippen LogP) is 1.86. The summed E-state index contributed by atoms with van der Waals surface area (Å²) in [6.07, 6.45) is 6.59. The number of amides is 2. The van der Waals surface area contributed by atoms with Crippen molar-refractivity contribution in [3.05, 3.63) is 48.5 Å². The Balaban J connectivity index is 1.70. The molecule has 1 fully saturated rings. The van der Waals surface area contributed by atoms with Crippen molar-refractivity contribution in [1.29, 1.82) is 0 Å². The molecule has 0 saturated heterocycles. The van der Waals surface area contributed by atoms with E-state index < -0.39 is 0 Å². The van der Waals surface area contributed by atoms with Gasteiger partial charge in [-0.2, -0.15) is 0 Å². The molecule has 0 radical (unpaired) electrons. The number of carbonyl (C=O) groups is 2. The Labute approximate surface area is 115 Å². The van der Waals surface area contributed by atoms with E-state index >= 15 is 0 Å². The van der Waals surface area contributed by atoms with Crippen LogP contribution in [-0.4, -0.2) is 27.5 Å². The summed E-state index contributed by atoms with van der Waals surface area (Å²) in [5, 5.41) is 5.62. The van der Waals surface area contributed by atoms with Crippen molar-refractivity contribution in [3.63, 3.8) is 0 Å². The first-order valence-electron chi connectivity index (χ1n) is 6.42. The minimum absolute atomic E-state index is 0.105. The largest absolute Gasteiger partial charge is 0.349 e. The topological polar surface area (TPSA) is 76.0 Å². The number of anilines is 1. The van der Waals surface area contributed by atoms with Gasteiger partial charge in [-0.25, -0.2) is 9.78 Å². The SMILES string of the molecule is O=C(NC1CC1)c1cccc(NC(=O)n2ccnc2)c1. The smallest absolute Gasteiger partial charge is 0.331 e. The van der Waals surface area contributed by atoms with Gasteiger partial charge in [0.25, 0.3) is 5.91 Å². The van der Waals surface area contributed by atoms with Crippen molar-refractivity contribution < 1.29 is 9.59 Å². The highest BCUT2D eigenvalue weighted by Gasteiger charge is 2.23. The quantitative estimate of drug-likeness (QED) is 0.893. The third kappa shape index (κ3) is 2.85. The first-order valence-corrected chi connectivity index (χ1v) is 6.42. The molecule has 6 nitrogen and oxygen atoms in total. The third-order valence-corrected chi connectivity index (χ3v) is 3.03. The van der Waals surface area contributed by atoms with Crippen molar-refractivity contribution in [1.82, 2.24) is 14.9 Å². The molecule has 1 heterocycles. The van der Waals surface area contributed by atoms with E-state index in [0.29, 0.717) is 17.3 Å². The average Bonchev–Trinajstić information content (AvgIpc) is 3.08. The summed E-state index contributed by atoms with van der Waals surface area (Å²) < 4.78 is 1.33. The number of imidazole rings is 1. The summed E-state index contributed by atoms with van der Waals surface area (Å²) in [6, 6.07) is 6.86. The molecule has 102 valence electrons. The molecule has 0 aliphatic heterocycles. The van der Waals surface area contributed by atoms with E-state index in [2.05, 4.69) is 15.6 Å². The molecule has 0 spiro atoms. The van der Waals surface area contributed by atoms with Crippen LogP contribution in [0.4, 0.5) is 10.5 Å². The van der Waals surface area contributed by atoms with E-state index in [-0.39, 0.29) is 11.9 Å². The van der Waals surface area contributed by atoms with E-state index in [1.807, 2.05) is 0 Å². The van der Waals surface area contributed by atoms with Crippen LogP contribution in [0.1, 0.15) is 23.2 Å². The van der Waals surface area contributed by atoms with Crippen LogP contribution in [0.3, 0.4) is 0 Å². The van der Waals surface area contributed by atoms with Crippen molar-refractivity contribution in [2.24, 2.45) is 0 Å². The first-order chi connectivity index (χ1) is 9.72. The Morgan fingerprint density at radius 1 is 1.30 bits per heavy atom. The molecule has 1 aliphatic carbocycles. The standard InChI is InChI=1S/C14H14N4O2/c19-13(16-11-4-5-11)10-2-1-3-12(8-10)17-14(20)18-7-6-15-9-18/h1-3,6-9,11H,4-5H2,(H,16,19)(H,17,20). The highest BCUT2D eigenvalue weighted by atomic mass is 16.2. The van der Waals surface area contributed by atoms with Crippen molar-refractivity contribution in [2.45, 2.75) is 18.9 Å². The second-order valence-corrected chi connectivity index (χ2v) is 4.73. The van der Waals surface area contributed by atoms with Crippen LogP contribution >= 0.6 is 0 Å². The van der Waals surface area contributed by atoms with Gasteiger partial charge in [0.15, 0.2) is 0 Å². The first kappa shape index (κ1) is 12.4. The van der Waals surface area contributed by atoms with Crippen molar-refractivity contribution in [3.8, 4) is 0 Å². The molecule has 3 rings (SSSR count). The summed E-state index contributed by atoms with van der Waals surface area (Å²) in [5.41, 5.74) is 1.12. The van der Waals surface area contributed by atoms with Gasteiger partial charge >= 0.3 is 6.03 Å². The fraction of sp³-hybridized carbons (Fsp3) is 0.214. The number of rotatable bonds is 3. The van der Waals surface area contributed by atoms with Gasteiger partial charge < -0.3 is 10.6 Å². The highest BCUT2D eigenvalue weighted by Crippen LogP contribution is 2.20. The lowest BCUT2D eigenvalue weighted by Crippen LogP contribution is -2.25. The zero-order valence-electron chi connectivity index (χ0n) is 10.7. The number of hydrogen-bond acceptors (Lipinski definition) is 3. The summed E-state index contributed by atoms with van der Waals surface area (Å²) in [6.45, 7) is 0. The Bertz CT molecular complexity index is 632. The van der Waals surface area contributed by atoms with E-state index in [4.69, 9.17) is 0 Å². The van der Waals surface area contributed by atoms with E-state index in [9.17, 15) is 9.59 Å². The van der Waals surface area contributed by atoms with Crippen LogP contribution in [0.5, 0.6) is 0 Å². The third-order valence-electron chi connectivity index (χ3n) is 3.03. The summed E-state index contributed by atoms with van der Waals surface area (Å²) in [4.78, 5) is 27.6. The van der Waals surface area contributed by atoms with Crippen LogP contribution in [0, 0.1) is 0 Å². The minimum Gasteiger partial charge on any atom is -0.349 e. The normalized spacial score (nSPS) is 13.8. The molecule has 1 aliphatic rings. The molecule has 1 saturated carbocycles. The van der Waals surface area contributed by atoms with E-state index in [1.165, 1.54) is 17.1 Å². The van der Waals surface area contributed by atoms with Gasteiger partial charge in [-0.05, 0) is 31.0 Å². The lowest BCUT2D eigenvalue weighted by Gasteiger charge is -2.08. The van der Waals surface area contributed by atoms with Crippen LogP contribution in [-0.2, 0) is 0 Å². The number of nitrogens with one attached hydrogen (secondary N) is 2. The Morgan fingerprint density at radius 3 is 2.85 bits per heavy atom. The van der Waals surface area contributed by atoms with Gasteiger partial charge in [0, 0.05) is 29.7 Å². The molecular formula is C14H14N4O2. The predicted molar refractivity (Wildman–Crippen MR) is 73.6 cm³/mol. The number of carbonyl (C=O) groups excluding carboxylic acids is 2. The molecule has 0 bridgehead atoms. The van der Waals surface area contributed by atoms with Gasteiger partial charge in [-0.3, -0.25) is 9.36 Å². The molecule has 2 N–H and O–H groups in total. The van der Waals surface area contributed by atoms with E-state index in [1.54, 1.807) is 30.5 Å². The van der Waals surface area contributed by atoms with Crippen LogP contribution in [0.25, 0.3) is 0 Å². The molecule has 0 unspecified atom stereocenters. The van der Waals surface area contributed by atoms with Crippen LogP contribution in [0.15, 0.2) is 43.0 Å². The fourth-order valence-corrected chi connectivity index (χ4v) is 1.80. The van der Waals surface area contributed by atoms with Crippen molar-refractivity contribution in [2.75, 3.05) is 5.32 Å². The Hall–Kier alpha value is -2.63. The average molecular weight is 270 g/mol. The zero-order valence-corrected chi connectivity index (χ0v) is 10.7. The molecule has 20 heavy (non-hydrogen) atoms. The second kappa shape index (κ2) is 5.16. The van der Waals surface area contributed by atoms with E-state index in [0.717, 1.165) is 12.8 Å². The van der Waals surface area contributed by atoms with Crippen molar-refractivity contribution >= 4 is 17.6 Å². The number of benzene rings is 1. The van der Waals surface area contributed by atoms with Gasteiger partial charge in [-0.15, -0.1) is 0 Å². The highest BCUT2D eigenvalue weighted by molar-refractivity contribution is 5.97. The van der Waals surface area contributed by atoms with Crippen LogP contribution < -0.4 is 10.6 Å². The van der Waals surface area contributed by atoms with Crippen LogP contribution in [0.2, 0.25) is 0 Å². The summed E-state index contributed by atoms with van der Waals surface area (Å²) in [7, 11) is 0. The van der Waals surface area contributed by atoms with Gasteiger partial charge in [0.05, 0.1) is 0 Å². The Kier molecular flexibility index (Phi) is 3.20. The lowest BCUT2D eigenvalue weighted by atomic mass is 10.2. The molecular weight excluding hydrogens is 256 g/mol. The maximum Gasteiger partial charge on any atom is 0.331 e. The zero-order chi connectivity index (χ0) is 13.9. The van der Waals surface area contributed by atoms with Gasteiger partial charge in [-0.1, -0.05) is 6.07 Å². The number of aromatic nitrogens is 2. The molecule has 1 aromatic carbocycles. The monoisotopic (exact) mass is 270 g/mol. The maximum atomic E-state index is 11.9. The number of hydrogen-bond donors (Lipinski definition) is 2. The lowest BCUT2D eigenvalue weighted by molar-refractivity contribution is 0.0951. The number of nitrogens with zero attached hydrogens (tertiary/aromatic N) is 2. The summed E-state index contributed by atoms with van der Waals surface area (Å²) in [5.74, 6) is -0.105. The molecule has 2 aromatic rings. The molecule has 2 amide bonds.